The molecule has 4 unspecified atom stereocenters. The summed E-state index contributed by atoms with van der Waals surface area (Å²) in [4.78, 5) is 11.7. The number of fused-ring (bicyclic) bond motifs is 2. The minimum atomic E-state index is -0.872. The van der Waals surface area contributed by atoms with E-state index in [1.54, 1.807) is 6.92 Å². The van der Waals surface area contributed by atoms with Gasteiger partial charge in [0.05, 0.1) is 11.0 Å². The second kappa shape index (κ2) is 3.98. The van der Waals surface area contributed by atoms with Crippen LogP contribution in [-0.2, 0) is 4.79 Å². The van der Waals surface area contributed by atoms with Crippen molar-refractivity contribution >= 4 is 5.97 Å². The Morgan fingerprint density at radius 2 is 2.12 bits per heavy atom. The molecule has 0 aromatic rings. The molecule has 2 aliphatic rings. The molecular formula is C14H24O3. The normalized spacial score (nSPS) is 39.6. The summed E-state index contributed by atoms with van der Waals surface area (Å²) in [6, 6.07) is 0. The summed E-state index contributed by atoms with van der Waals surface area (Å²) >= 11 is 0. The van der Waals surface area contributed by atoms with Crippen molar-refractivity contribution < 1.29 is 15.0 Å². The Bertz CT molecular complexity index is 321. The highest BCUT2D eigenvalue weighted by molar-refractivity contribution is 5.76. The zero-order chi connectivity index (χ0) is 12.8. The first kappa shape index (κ1) is 12.9. The molecule has 0 spiro atoms. The number of rotatable bonds is 4. The highest BCUT2D eigenvalue weighted by Crippen LogP contribution is 2.59. The first-order chi connectivity index (χ1) is 7.78. The van der Waals surface area contributed by atoms with E-state index in [2.05, 4.69) is 0 Å². The van der Waals surface area contributed by atoms with Gasteiger partial charge in [0.1, 0.15) is 0 Å². The number of hydrogen-bond donors (Lipinski definition) is 2. The second-order valence-corrected chi connectivity index (χ2v) is 6.73. The maximum Gasteiger partial charge on any atom is 0.310 e. The predicted molar refractivity (Wildman–Crippen MR) is 65.6 cm³/mol. The number of carboxylic acid groups (broad SMARTS) is 1. The van der Waals surface area contributed by atoms with Crippen LogP contribution >= 0.6 is 0 Å². The number of aliphatic carboxylic acids is 1. The Hall–Kier alpha value is -0.570. The fraction of sp³-hybridized carbons (Fsp3) is 0.929. The largest absolute Gasteiger partial charge is 0.481 e. The van der Waals surface area contributed by atoms with Gasteiger partial charge in [-0.3, -0.25) is 4.79 Å². The van der Waals surface area contributed by atoms with Crippen LogP contribution < -0.4 is 0 Å². The highest BCUT2D eigenvalue weighted by atomic mass is 16.4. The van der Waals surface area contributed by atoms with Gasteiger partial charge in [0.25, 0.3) is 0 Å². The summed E-state index contributed by atoms with van der Waals surface area (Å²) in [5.74, 6) is 0.276. The van der Waals surface area contributed by atoms with E-state index in [4.69, 9.17) is 0 Å². The lowest BCUT2D eigenvalue weighted by Gasteiger charge is -2.40. The fourth-order valence-electron chi connectivity index (χ4n) is 3.84. The molecule has 4 atom stereocenters. The molecule has 2 aliphatic carbocycles. The SMILES string of the molecule is CC(C)C(C)(O)CC1(C(=O)O)CC2CCC1C2. The molecule has 2 saturated carbocycles. The summed E-state index contributed by atoms with van der Waals surface area (Å²) in [6.45, 7) is 5.71. The van der Waals surface area contributed by atoms with Crippen LogP contribution in [0.4, 0.5) is 0 Å². The van der Waals surface area contributed by atoms with E-state index >= 15 is 0 Å². The van der Waals surface area contributed by atoms with Crippen molar-refractivity contribution in [3.8, 4) is 0 Å². The van der Waals surface area contributed by atoms with Crippen LogP contribution in [-0.4, -0.2) is 21.8 Å². The third-order valence-electron chi connectivity index (χ3n) is 5.32. The number of aliphatic hydroxyl groups is 1. The third-order valence-corrected chi connectivity index (χ3v) is 5.32. The monoisotopic (exact) mass is 240 g/mol. The number of carboxylic acids is 1. The number of carbonyl (C=O) groups is 1. The van der Waals surface area contributed by atoms with Gasteiger partial charge in [-0.1, -0.05) is 20.3 Å². The zero-order valence-electron chi connectivity index (χ0n) is 11.1. The molecule has 0 radical (unpaired) electrons. The minimum absolute atomic E-state index is 0.0952. The van der Waals surface area contributed by atoms with E-state index < -0.39 is 17.0 Å². The quantitative estimate of drug-likeness (QED) is 0.794. The number of hydrogen-bond acceptors (Lipinski definition) is 2. The second-order valence-electron chi connectivity index (χ2n) is 6.73. The van der Waals surface area contributed by atoms with E-state index in [0.29, 0.717) is 12.3 Å². The molecule has 2 bridgehead atoms. The maximum absolute atomic E-state index is 11.7. The van der Waals surface area contributed by atoms with Crippen LogP contribution in [0.3, 0.4) is 0 Å². The van der Waals surface area contributed by atoms with Crippen molar-refractivity contribution in [1.29, 1.82) is 0 Å². The highest BCUT2D eigenvalue weighted by Gasteiger charge is 2.58. The van der Waals surface area contributed by atoms with Crippen LogP contribution in [0, 0.1) is 23.2 Å². The molecule has 17 heavy (non-hydrogen) atoms. The van der Waals surface area contributed by atoms with Gasteiger partial charge in [0.15, 0.2) is 0 Å². The molecule has 2 rings (SSSR count). The Labute approximate surface area is 103 Å². The molecule has 0 aliphatic heterocycles. The van der Waals surface area contributed by atoms with Crippen molar-refractivity contribution in [2.75, 3.05) is 0 Å². The summed E-state index contributed by atoms with van der Waals surface area (Å²) in [6.07, 6.45) is 4.46. The Kier molecular flexibility index (Phi) is 3.01. The summed E-state index contributed by atoms with van der Waals surface area (Å²) in [5, 5.41) is 20.1. The van der Waals surface area contributed by atoms with Crippen LogP contribution in [0.5, 0.6) is 0 Å². The zero-order valence-corrected chi connectivity index (χ0v) is 11.1. The van der Waals surface area contributed by atoms with Crippen LogP contribution in [0.2, 0.25) is 0 Å². The van der Waals surface area contributed by atoms with Gasteiger partial charge in [0, 0.05) is 0 Å². The summed E-state index contributed by atoms with van der Waals surface area (Å²) < 4.78 is 0. The van der Waals surface area contributed by atoms with E-state index in [9.17, 15) is 15.0 Å². The average Bonchev–Trinajstić information content (AvgIpc) is 2.76. The lowest BCUT2D eigenvalue weighted by atomic mass is 9.65. The molecule has 0 aromatic carbocycles. The van der Waals surface area contributed by atoms with Gasteiger partial charge >= 0.3 is 5.97 Å². The standard InChI is InChI=1S/C14H24O3/c1-9(2)13(3,17)8-14(12(15)16)7-10-4-5-11(14)6-10/h9-11,17H,4-8H2,1-3H3,(H,15,16). The molecular weight excluding hydrogens is 216 g/mol. The molecule has 0 saturated heterocycles. The van der Waals surface area contributed by atoms with E-state index in [0.717, 1.165) is 19.3 Å². The van der Waals surface area contributed by atoms with Gasteiger partial charge < -0.3 is 10.2 Å². The van der Waals surface area contributed by atoms with Gasteiger partial charge in [0.2, 0.25) is 0 Å². The molecule has 0 amide bonds. The van der Waals surface area contributed by atoms with Crippen molar-refractivity contribution in [2.24, 2.45) is 23.2 Å². The van der Waals surface area contributed by atoms with Crippen molar-refractivity contribution in [3.05, 3.63) is 0 Å². The van der Waals surface area contributed by atoms with Gasteiger partial charge in [-0.15, -0.1) is 0 Å². The van der Waals surface area contributed by atoms with E-state index in [-0.39, 0.29) is 11.8 Å². The van der Waals surface area contributed by atoms with Crippen molar-refractivity contribution in [2.45, 2.75) is 58.5 Å². The van der Waals surface area contributed by atoms with Crippen LogP contribution in [0.25, 0.3) is 0 Å². The first-order valence-corrected chi connectivity index (χ1v) is 6.74. The van der Waals surface area contributed by atoms with Crippen molar-refractivity contribution in [1.82, 2.24) is 0 Å². The molecule has 2 fully saturated rings. The molecule has 0 heterocycles. The van der Waals surface area contributed by atoms with Gasteiger partial charge in [-0.05, 0) is 50.4 Å². The lowest BCUT2D eigenvalue weighted by Crippen LogP contribution is -2.45. The minimum Gasteiger partial charge on any atom is -0.481 e. The first-order valence-electron chi connectivity index (χ1n) is 6.74. The Morgan fingerprint density at radius 3 is 2.47 bits per heavy atom. The van der Waals surface area contributed by atoms with Crippen molar-refractivity contribution in [3.63, 3.8) is 0 Å². The topological polar surface area (TPSA) is 57.5 Å². The van der Waals surface area contributed by atoms with Crippen LogP contribution in [0.15, 0.2) is 0 Å². The summed E-state index contributed by atoms with van der Waals surface area (Å²) in [7, 11) is 0. The lowest BCUT2D eigenvalue weighted by molar-refractivity contribution is -0.159. The molecule has 98 valence electrons. The Balaban J connectivity index is 2.23. The fourth-order valence-corrected chi connectivity index (χ4v) is 3.84. The Morgan fingerprint density at radius 1 is 1.47 bits per heavy atom. The van der Waals surface area contributed by atoms with Gasteiger partial charge in [-0.2, -0.15) is 0 Å². The van der Waals surface area contributed by atoms with E-state index in [1.165, 1.54) is 6.42 Å². The maximum atomic E-state index is 11.7. The molecule has 3 nitrogen and oxygen atoms in total. The molecule has 0 aromatic heterocycles. The summed E-state index contributed by atoms with van der Waals surface area (Å²) in [5.41, 5.74) is -1.53. The smallest absolute Gasteiger partial charge is 0.310 e. The third kappa shape index (κ3) is 1.99. The average molecular weight is 240 g/mol. The molecule has 3 heteroatoms. The molecule has 2 N–H and O–H groups in total. The predicted octanol–water partition coefficient (Wildman–Crippen LogP) is 2.67. The van der Waals surface area contributed by atoms with Gasteiger partial charge in [-0.25, -0.2) is 0 Å². The van der Waals surface area contributed by atoms with E-state index in [1.807, 2.05) is 13.8 Å². The van der Waals surface area contributed by atoms with Crippen LogP contribution in [0.1, 0.15) is 52.9 Å².